The van der Waals surface area contributed by atoms with Gasteiger partial charge in [0.2, 0.25) is 11.1 Å². The molecule has 0 saturated heterocycles. The maximum atomic E-state index is 12.0. The number of amides is 1. The van der Waals surface area contributed by atoms with E-state index in [1.807, 2.05) is 23.6 Å². The quantitative estimate of drug-likeness (QED) is 0.533. The number of nitrogens with zero attached hydrogens (tertiary/aromatic N) is 4. The Morgan fingerprint density at radius 3 is 3.00 bits per heavy atom. The lowest BCUT2D eigenvalue weighted by Crippen LogP contribution is -2.16. The fourth-order valence-corrected chi connectivity index (χ4v) is 3.85. The number of carbonyl (C=O) groups is 1. The number of nitrogens with two attached hydrogens (primary N) is 1. The molecule has 0 radical (unpaired) electrons. The van der Waals surface area contributed by atoms with Gasteiger partial charge in [0.05, 0.1) is 16.2 Å². The highest BCUT2D eigenvalue weighted by Gasteiger charge is 2.15. The summed E-state index contributed by atoms with van der Waals surface area (Å²) in [6, 6.07) is 7.50. The molecule has 0 spiro atoms. The number of nitriles is 1. The van der Waals surface area contributed by atoms with Crippen LogP contribution in [0.15, 0.2) is 34.1 Å². The fraction of sp³-hybridized carbons (Fsp3) is 0.0769. The predicted molar refractivity (Wildman–Crippen MR) is 91.9 cm³/mol. The van der Waals surface area contributed by atoms with Gasteiger partial charge in [-0.3, -0.25) is 4.79 Å². The van der Waals surface area contributed by atoms with Gasteiger partial charge in [-0.2, -0.15) is 5.26 Å². The van der Waals surface area contributed by atoms with Crippen molar-refractivity contribution in [1.82, 2.24) is 14.9 Å². The third-order valence-electron chi connectivity index (χ3n) is 2.78. The average molecular weight is 362 g/mol. The molecule has 3 heterocycles. The second-order valence-corrected chi connectivity index (χ2v) is 7.07. The largest absolute Gasteiger partial charge is 0.335 e. The molecule has 0 aliphatic heterocycles. The molecular formula is C13H10N6OS3. The van der Waals surface area contributed by atoms with Gasteiger partial charge in [-0.15, -0.1) is 32.9 Å². The first-order valence-corrected chi connectivity index (χ1v) is 9.08. The smallest absolute Gasteiger partial charge is 0.235 e. The van der Waals surface area contributed by atoms with Crippen LogP contribution in [0, 0.1) is 11.3 Å². The van der Waals surface area contributed by atoms with Crippen molar-refractivity contribution in [2.75, 3.05) is 16.9 Å². The molecule has 116 valence electrons. The molecule has 0 aromatic carbocycles. The van der Waals surface area contributed by atoms with Gasteiger partial charge >= 0.3 is 0 Å². The lowest BCUT2D eigenvalue weighted by Gasteiger charge is -2.03. The monoisotopic (exact) mass is 362 g/mol. The lowest BCUT2D eigenvalue weighted by molar-refractivity contribution is -0.113. The van der Waals surface area contributed by atoms with Gasteiger partial charge in [-0.1, -0.05) is 17.8 Å². The molecule has 3 rings (SSSR count). The van der Waals surface area contributed by atoms with Crippen molar-refractivity contribution in [3.8, 4) is 16.8 Å². The molecule has 0 bridgehead atoms. The summed E-state index contributed by atoms with van der Waals surface area (Å²) in [4.78, 5) is 12.9. The number of anilines is 1. The second-order valence-electron chi connectivity index (χ2n) is 4.27. The number of hydrogen-bond acceptors (Lipinski definition) is 8. The Labute approximate surface area is 143 Å². The summed E-state index contributed by atoms with van der Waals surface area (Å²) in [5, 5.41) is 24.4. The minimum Gasteiger partial charge on any atom is -0.335 e. The highest BCUT2D eigenvalue weighted by molar-refractivity contribution is 7.99. The van der Waals surface area contributed by atoms with Crippen LogP contribution in [0.3, 0.4) is 0 Å². The van der Waals surface area contributed by atoms with E-state index in [9.17, 15) is 4.79 Å². The summed E-state index contributed by atoms with van der Waals surface area (Å²) in [6.45, 7) is 0. The van der Waals surface area contributed by atoms with E-state index in [0.29, 0.717) is 21.5 Å². The van der Waals surface area contributed by atoms with Gasteiger partial charge in [0.15, 0.2) is 5.82 Å². The van der Waals surface area contributed by atoms with Crippen LogP contribution in [-0.2, 0) is 4.79 Å². The molecular weight excluding hydrogens is 352 g/mol. The predicted octanol–water partition coefficient (Wildman–Crippen LogP) is 2.38. The van der Waals surface area contributed by atoms with Gasteiger partial charge in [0, 0.05) is 0 Å². The van der Waals surface area contributed by atoms with E-state index in [0.717, 1.165) is 4.88 Å². The van der Waals surface area contributed by atoms with E-state index in [-0.39, 0.29) is 11.7 Å². The SMILES string of the molecule is N#Cc1ccsc1NC(=O)CSc1nnc(-c2cccs2)n1N. The Morgan fingerprint density at radius 1 is 1.39 bits per heavy atom. The molecule has 3 aromatic rings. The number of hydrogen-bond donors (Lipinski definition) is 2. The molecule has 3 N–H and O–H groups in total. The van der Waals surface area contributed by atoms with E-state index >= 15 is 0 Å². The number of carbonyl (C=O) groups excluding carboxylic acids is 1. The first-order chi connectivity index (χ1) is 11.2. The second kappa shape index (κ2) is 6.82. The first-order valence-electron chi connectivity index (χ1n) is 6.33. The van der Waals surface area contributed by atoms with Crippen LogP contribution in [0.5, 0.6) is 0 Å². The maximum Gasteiger partial charge on any atom is 0.235 e. The highest BCUT2D eigenvalue weighted by Crippen LogP contribution is 2.26. The Kier molecular flexibility index (Phi) is 4.61. The Morgan fingerprint density at radius 2 is 2.26 bits per heavy atom. The number of aromatic nitrogens is 3. The number of nitrogen functional groups attached to an aromatic ring is 1. The summed E-state index contributed by atoms with van der Waals surface area (Å²) in [5.74, 6) is 6.43. The summed E-state index contributed by atoms with van der Waals surface area (Å²) < 4.78 is 1.37. The first kappa shape index (κ1) is 15.5. The molecule has 3 aromatic heterocycles. The lowest BCUT2D eigenvalue weighted by atomic mass is 10.3. The number of thiophene rings is 2. The topological polar surface area (TPSA) is 110 Å². The highest BCUT2D eigenvalue weighted by atomic mass is 32.2. The summed E-state index contributed by atoms with van der Waals surface area (Å²) in [6.07, 6.45) is 0. The van der Waals surface area contributed by atoms with Crippen LogP contribution in [0.4, 0.5) is 5.00 Å². The molecule has 7 nitrogen and oxygen atoms in total. The molecule has 0 unspecified atom stereocenters. The minimum absolute atomic E-state index is 0.128. The van der Waals surface area contributed by atoms with Crippen molar-refractivity contribution >= 4 is 45.3 Å². The molecule has 0 atom stereocenters. The zero-order chi connectivity index (χ0) is 16.2. The van der Waals surface area contributed by atoms with Gasteiger partial charge < -0.3 is 11.2 Å². The third-order valence-corrected chi connectivity index (χ3v) is 5.42. The average Bonchev–Trinajstić information content (AvgIpc) is 3.26. The molecule has 0 saturated carbocycles. The summed E-state index contributed by atoms with van der Waals surface area (Å²) >= 11 is 4.01. The molecule has 0 aliphatic rings. The molecule has 0 aliphatic carbocycles. The number of nitrogens with one attached hydrogen (secondary N) is 1. The van der Waals surface area contributed by atoms with Crippen LogP contribution < -0.4 is 11.2 Å². The van der Waals surface area contributed by atoms with Crippen LogP contribution in [0.25, 0.3) is 10.7 Å². The van der Waals surface area contributed by atoms with Crippen LogP contribution >= 0.6 is 34.4 Å². The zero-order valence-electron chi connectivity index (χ0n) is 11.6. The van der Waals surface area contributed by atoms with Crippen LogP contribution in [0.1, 0.15) is 5.56 Å². The van der Waals surface area contributed by atoms with Gasteiger partial charge in [-0.05, 0) is 22.9 Å². The van der Waals surface area contributed by atoms with Crippen molar-refractivity contribution in [1.29, 1.82) is 5.26 Å². The van der Waals surface area contributed by atoms with Gasteiger partial charge in [0.1, 0.15) is 11.1 Å². The van der Waals surface area contributed by atoms with E-state index in [2.05, 4.69) is 15.5 Å². The van der Waals surface area contributed by atoms with Gasteiger partial charge in [-0.25, -0.2) is 4.68 Å². The Balaban J connectivity index is 1.63. The standard InChI is InChI=1S/C13H10N6OS3/c14-6-8-3-5-22-12(8)16-10(20)7-23-13-18-17-11(19(13)15)9-2-1-4-21-9/h1-5H,7,15H2,(H,16,20). The van der Waals surface area contributed by atoms with E-state index in [1.54, 1.807) is 11.4 Å². The Hall–Kier alpha value is -2.35. The third kappa shape index (κ3) is 3.37. The number of rotatable bonds is 5. The molecule has 1 amide bonds. The van der Waals surface area contributed by atoms with Crippen LogP contribution in [-0.4, -0.2) is 26.5 Å². The summed E-state index contributed by atoms with van der Waals surface area (Å²) in [7, 11) is 0. The van der Waals surface area contributed by atoms with E-state index < -0.39 is 0 Å². The minimum atomic E-state index is -0.227. The van der Waals surface area contributed by atoms with Crippen molar-refractivity contribution in [3.63, 3.8) is 0 Å². The fourth-order valence-electron chi connectivity index (χ4n) is 1.74. The van der Waals surface area contributed by atoms with E-state index in [1.165, 1.54) is 39.1 Å². The Bertz CT molecular complexity index is 861. The van der Waals surface area contributed by atoms with Crippen molar-refractivity contribution in [2.45, 2.75) is 5.16 Å². The normalized spacial score (nSPS) is 10.4. The maximum absolute atomic E-state index is 12.0. The summed E-state index contributed by atoms with van der Waals surface area (Å²) in [5.41, 5.74) is 0.454. The molecule has 10 heteroatoms. The van der Waals surface area contributed by atoms with Gasteiger partial charge in [0.25, 0.3) is 0 Å². The van der Waals surface area contributed by atoms with Crippen molar-refractivity contribution < 1.29 is 4.79 Å². The molecule has 23 heavy (non-hydrogen) atoms. The van der Waals surface area contributed by atoms with E-state index in [4.69, 9.17) is 11.1 Å². The van der Waals surface area contributed by atoms with Crippen molar-refractivity contribution in [2.24, 2.45) is 0 Å². The van der Waals surface area contributed by atoms with Crippen LogP contribution in [0.2, 0.25) is 0 Å². The zero-order valence-corrected chi connectivity index (χ0v) is 14.0. The number of thioether (sulfide) groups is 1. The van der Waals surface area contributed by atoms with Crippen molar-refractivity contribution in [3.05, 3.63) is 34.5 Å². The molecule has 0 fully saturated rings.